The van der Waals surface area contributed by atoms with E-state index >= 15 is 0 Å². The van der Waals surface area contributed by atoms with Gasteiger partial charge in [-0.25, -0.2) is 4.98 Å². The minimum absolute atomic E-state index is 0.704. The minimum Gasteiger partial charge on any atom is -0.328 e. The standard InChI is InChI=1S/C19H23N3OS/c1-14-15(2)20-13-18-19(14)22(16(3)21-18)11-7-8-12-24(23)17-9-5-4-6-10-17/h4-6,9-10,13H,7-8,11-12H2,1-3H3. The molecule has 0 fully saturated rings. The molecular formula is C19H23N3OS. The normalized spacial score (nSPS) is 12.6. The van der Waals surface area contributed by atoms with Crippen LogP contribution in [0, 0.1) is 20.8 Å². The lowest BCUT2D eigenvalue weighted by molar-refractivity contribution is 0.626. The summed E-state index contributed by atoms with van der Waals surface area (Å²) in [5, 5.41) is 0. The van der Waals surface area contributed by atoms with Crippen molar-refractivity contribution in [3.63, 3.8) is 0 Å². The number of benzene rings is 1. The van der Waals surface area contributed by atoms with Gasteiger partial charge in [-0.1, -0.05) is 18.2 Å². The van der Waals surface area contributed by atoms with Gasteiger partial charge in [0.05, 0.1) is 22.5 Å². The van der Waals surface area contributed by atoms with Crippen molar-refractivity contribution in [1.82, 2.24) is 14.5 Å². The number of aryl methyl sites for hydroxylation is 4. The maximum absolute atomic E-state index is 12.3. The third-order valence-corrected chi connectivity index (χ3v) is 5.89. The van der Waals surface area contributed by atoms with Gasteiger partial charge in [-0.15, -0.1) is 0 Å². The Balaban J connectivity index is 1.65. The number of hydrogen-bond acceptors (Lipinski definition) is 3. The fourth-order valence-electron chi connectivity index (χ4n) is 2.97. The molecule has 0 aliphatic rings. The first kappa shape index (κ1) is 16.8. The predicted molar refractivity (Wildman–Crippen MR) is 98.7 cm³/mol. The summed E-state index contributed by atoms with van der Waals surface area (Å²) in [6.07, 6.45) is 3.78. The van der Waals surface area contributed by atoms with E-state index < -0.39 is 10.8 Å². The van der Waals surface area contributed by atoms with Crippen LogP contribution in [-0.4, -0.2) is 24.5 Å². The first-order valence-electron chi connectivity index (χ1n) is 8.30. The Morgan fingerprint density at radius 1 is 1.08 bits per heavy atom. The van der Waals surface area contributed by atoms with Gasteiger partial charge in [0.1, 0.15) is 11.3 Å². The van der Waals surface area contributed by atoms with Gasteiger partial charge in [0.15, 0.2) is 0 Å². The van der Waals surface area contributed by atoms with Crippen LogP contribution in [0.25, 0.3) is 11.0 Å². The Morgan fingerprint density at radius 3 is 2.58 bits per heavy atom. The van der Waals surface area contributed by atoms with E-state index in [1.165, 1.54) is 11.1 Å². The summed E-state index contributed by atoms with van der Waals surface area (Å²) in [6.45, 7) is 7.08. The average molecular weight is 341 g/mol. The molecule has 2 heterocycles. The number of hydrogen-bond donors (Lipinski definition) is 0. The molecule has 0 aliphatic heterocycles. The Hall–Kier alpha value is -2.01. The van der Waals surface area contributed by atoms with Gasteiger partial charge < -0.3 is 4.57 Å². The molecule has 3 rings (SSSR count). The Morgan fingerprint density at radius 2 is 1.83 bits per heavy atom. The monoisotopic (exact) mass is 341 g/mol. The lowest BCUT2D eigenvalue weighted by Gasteiger charge is -2.09. The highest BCUT2D eigenvalue weighted by atomic mass is 32.2. The second kappa shape index (κ2) is 7.26. The topological polar surface area (TPSA) is 47.8 Å². The van der Waals surface area contributed by atoms with Crippen LogP contribution >= 0.6 is 0 Å². The minimum atomic E-state index is -0.907. The van der Waals surface area contributed by atoms with Crippen LogP contribution in [0.15, 0.2) is 41.4 Å². The molecule has 0 N–H and O–H groups in total. The molecule has 2 aromatic heterocycles. The predicted octanol–water partition coefficient (Wildman–Crippen LogP) is 3.94. The van der Waals surface area contributed by atoms with E-state index in [1.54, 1.807) is 0 Å². The summed E-state index contributed by atoms with van der Waals surface area (Å²) in [5.74, 6) is 1.72. The molecule has 0 saturated heterocycles. The molecule has 0 saturated carbocycles. The van der Waals surface area contributed by atoms with Crippen molar-refractivity contribution >= 4 is 21.8 Å². The molecule has 3 aromatic rings. The zero-order valence-electron chi connectivity index (χ0n) is 14.5. The lowest BCUT2D eigenvalue weighted by atomic mass is 10.2. The van der Waals surface area contributed by atoms with Gasteiger partial charge in [0, 0.05) is 22.9 Å². The maximum Gasteiger partial charge on any atom is 0.107 e. The fourth-order valence-corrected chi connectivity index (χ4v) is 4.13. The van der Waals surface area contributed by atoms with Crippen LogP contribution in [-0.2, 0) is 17.3 Å². The van der Waals surface area contributed by atoms with Gasteiger partial charge in [0.2, 0.25) is 0 Å². The third-order valence-electron chi connectivity index (χ3n) is 4.43. The number of fused-ring (bicyclic) bond motifs is 1. The number of pyridine rings is 1. The SMILES string of the molecule is Cc1ncc2nc(C)n(CCCCS(=O)c3ccccc3)c2c1C. The summed E-state index contributed by atoms with van der Waals surface area (Å²) in [4.78, 5) is 9.93. The van der Waals surface area contributed by atoms with E-state index in [4.69, 9.17) is 0 Å². The molecule has 0 amide bonds. The summed E-state index contributed by atoms with van der Waals surface area (Å²) in [5.41, 5.74) is 4.39. The molecule has 126 valence electrons. The smallest absolute Gasteiger partial charge is 0.107 e. The molecule has 0 bridgehead atoms. The second-order valence-electron chi connectivity index (χ2n) is 6.08. The zero-order valence-corrected chi connectivity index (χ0v) is 15.3. The van der Waals surface area contributed by atoms with Crippen LogP contribution in [0.3, 0.4) is 0 Å². The first-order valence-corrected chi connectivity index (χ1v) is 9.62. The van der Waals surface area contributed by atoms with Crippen LogP contribution in [0.5, 0.6) is 0 Å². The van der Waals surface area contributed by atoms with Gasteiger partial charge in [-0.2, -0.15) is 0 Å². The molecule has 0 spiro atoms. The average Bonchev–Trinajstić information content (AvgIpc) is 2.92. The highest BCUT2D eigenvalue weighted by Crippen LogP contribution is 2.21. The first-order chi connectivity index (χ1) is 11.6. The van der Waals surface area contributed by atoms with Crippen molar-refractivity contribution in [3.05, 3.63) is 53.6 Å². The molecule has 1 atom stereocenters. The van der Waals surface area contributed by atoms with Crippen molar-refractivity contribution in [2.45, 2.75) is 45.1 Å². The molecule has 1 unspecified atom stereocenters. The molecule has 0 aliphatic carbocycles. The van der Waals surface area contributed by atoms with E-state index in [-0.39, 0.29) is 0 Å². The van der Waals surface area contributed by atoms with Crippen molar-refractivity contribution in [2.24, 2.45) is 0 Å². The molecule has 5 heteroatoms. The van der Waals surface area contributed by atoms with E-state index in [0.717, 1.165) is 41.3 Å². The largest absolute Gasteiger partial charge is 0.328 e. The van der Waals surface area contributed by atoms with E-state index in [0.29, 0.717) is 5.75 Å². The number of aromatic nitrogens is 3. The number of rotatable bonds is 6. The summed E-state index contributed by atoms with van der Waals surface area (Å²) < 4.78 is 14.5. The summed E-state index contributed by atoms with van der Waals surface area (Å²) in [7, 11) is -0.907. The van der Waals surface area contributed by atoms with Crippen LogP contribution in [0.4, 0.5) is 0 Å². The third kappa shape index (κ3) is 3.41. The van der Waals surface area contributed by atoms with Crippen LogP contribution in [0.1, 0.15) is 29.9 Å². The number of imidazole rings is 1. The quantitative estimate of drug-likeness (QED) is 0.638. The van der Waals surface area contributed by atoms with E-state index in [1.807, 2.05) is 50.4 Å². The Labute approximate surface area is 145 Å². The van der Waals surface area contributed by atoms with Gasteiger partial charge in [0.25, 0.3) is 0 Å². The van der Waals surface area contributed by atoms with Gasteiger partial charge in [-0.05, 0) is 51.3 Å². The second-order valence-corrected chi connectivity index (χ2v) is 7.65. The maximum atomic E-state index is 12.3. The highest BCUT2D eigenvalue weighted by molar-refractivity contribution is 7.85. The lowest BCUT2D eigenvalue weighted by Crippen LogP contribution is -2.05. The zero-order chi connectivity index (χ0) is 17.1. The molecule has 0 radical (unpaired) electrons. The molecule has 4 nitrogen and oxygen atoms in total. The highest BCUT2D eigenvalue weighted by Gasteiger charge is 2.12. The molecule has 1 aromatic carbocycles. The van der Waals surface area contributed by atoms with Crippen LogP contribution in [0.2, 0.25) is 0 Å². The van der Waals surface area contributed by atoms with Gasteiger partial charge in [-0.3, -0.25) is 9.19 Å². The molecule has 24 heavy (non-hydrogen) atoms. The Bertz CT molecular complexity index is 871. The van der Waals surface area contributed by atoms with Gasteiger partial charge >= 0.3 is 0 Å². The van der Waals surface area contributed by atoms with E-state index in [2.05, 4.69) is 21.5 Å². The van der Waals surface area contributed by atoms with Crippen molar-refractivity contribution in [1.29, 1.82) is 0 Å². The molecular weight excluding hydrogens is 318 g/mol. The fraction of sp³-hybridized carbons (Fsp3) is 0.368. The van der Waals surface area contributed by atoms with Crippen molar-refractivity contribution < 1.29 is 4.21 Å². The van der Waals surface area contributed by atoms with Crippen molar-refractivity contribution in [2.75, 3.05) is 5.75 Å². The summed E-state index contributed by atoms with van der Waals surface area (Å²) in [6, 6.07) is 9.69. The number of nitrogens with zero attached hydrogens (tertiary/aromatic N) is 3. The Kier molecular flexibility index (Phi) is 5.09. The van der Waals surface area contributed by atoms with E-state index in [9.17, 15) is 4.21 Å². The van der Waals surface area contributed by atoms with Crippen LogP contribution < -0.4 is 0 Å². The van der Waals surface area contributed by atoms with Crippen molar-refractivity contribution in [3.8, 4) is 0 Å². The number of unbranched alkanes of at least 4 members (excludes halogenated alkanes) is 1. The summed E-state index contributed by atoms with van der Waals surface area (Å²) >= 11 is 0.